The Morgan fingerprint density at radius 2 is 2.04 bits per heavy atom. The van der Waals surface area contributed by atoms with E-state index in [0.717, 1.165) is 5.39 Å². The van der Waals surface area contributed by atoms with E-state index in [4.69, 9.17) is 18.0 Å². The van der Waals surface area contributed by atoms with Crippen molar-refractivity contribution >= 4 is 43.8 Å². The number of rotatable bonds is 4. The maximum absolute atomic E-state index is 12.7. The highest BCUT2D eigenvalue weighted by molar-refractivity contribution is 7.92. The predicted octanol–water partition coefficient (Wildman–Crippen LogP) is 2.02. The fourth-order valence-electron chi connectivity index (χ4n) is 2.30. The molecule has 2 heterocycles. The molecule has 0 fully saturated rings. The second-order valence-corrected chi connectivity index (χ2v) is 7.29. The van der Waals surface area contributed by atoms with E-state index in [1.54, 1.807) is 30.3 Å². The third kappa shape index (κ3) is 2.66. The number of nitrogens with two attached hydrogens (primary N) is 1. The van der Waals surface area contributed by atoms with Crippen LogP contribution in [0.15, 0.2) is 53.7 Å². The molecule has 6 nitrogen and oxygen atoms in total. The third-order valence-electron chi connectivity index (χ3n) is 3.50. The van der Waals surface area contributed by atoms with Gasteiger partial charge >= 0.3 is 0 Å². The van der Waals surface area contributed by atoms with E-state index in [0.29, 0.717) is 16.9 Å². The Kier molecular flexibility index (Phi) is 3.78. The Bertz CT molecular complexity index is 981. The molecule has 0 bridgehead atoms. The summed E-state index contributed by atoms with van der Waals surface area (Å²) in [6.07, 6.45) is 1.45. The molecule has 0 aliphatic carbocycles. The number of para-hydroxylation sites is 1. The van der Waals surface area contributed by atoms with Crippen LogP contribution in [0.3, 0.4) is 0 Å². The van der Waals surface area contributed by atoms with E-state index >= 15 is 0 Å². The Morgan fingerprint density at radius 3 is 2.70 bits per heavy atom. The highest BCUT2D eigenvalue weighted by Crippen LogP contribution is 2.29. The van der Waals surface area contributed by atoms with Crippen molar-refractivity contribution < 1.29 is 8.42 Å². The van der Waals surface area contributed by atoms with Gasteiger partial charge in [0, 0.05) is 18.6 Å². The molecule has 8 heteroatoms. The van der Waals surface area contributed by atoms with Gasteiger partial charge in [-0.3, -0.25) is 4.31 Å². The smallest absolute Gasteiger partial charge is 0.281 e. The van der Waals surface area contributed by atoms with Gasteiger partial charge in [0.25, 0.3) is 10.0 Å². The number of thiocarbonyl (C=S) groups is 1. The first kappa shape index (κ1) is 15.4. The summed E-state index contributed by atoms with van der Waals surface area (Å²) in [5.41, 5.74) is 7.37. The number of aromatic nitrogens is 2. The van der Waals surface area contributed by atoms with E-state index < -0.39 is 10.0 Å². The SMILES string of the molecule is CN(c1cccc2cc(C(N)=S)[nH]c12)S(=O)(=O)c1ccccn1. The van der Waals surface area contributed by atoms with E-state index in [1.165, 1.54) is 23.6 Å². The number of H-pyrrole nitrogens is 1. The average Bonchev–Trinajstić information content (AvgIpc) is 2.99. The highest BCUT2D eigenvalue weighted by Gasteiger charge is 2.24. The first-order valence-electron chi connectivity index (χ1n) is 6.73. The number of sulfonamides is 1. The summed E-state index contributed by atoms with van der Waals surface area (Å²) in [7, 11) is -2.27. The number of nitrogens with zero attached hydrogens (tertiary/aromatic N) is 2. The van der Waals surface area contributed by atoms with Crippen LogP contribution in [0, 0.1) is 0 Å². The van der Waals surface area contributed by atoms with E-state index in [1.807, 2.05) is 6.07 Å². The number of anilines is 1. The second kappa shape index (κ2) is 5.64. The fraction of sp³-hybridized carbons (Fsp3) is 0.0667. The summed E-state index contributed by atoms with van der Waals surface area (Å²) >= 11 is 4.97. The van der Waals surface area contributed by atoms with Gasteiger partial charge < -0.3 is 10.7 Å². The Balaban J connectivity index is 2.15. The Labute approximate surface area is 139 Å². The van der Waals surface area contributed by atoms with Gasteiger partial charge in [0.05, 0.1) is 16.9 Å². The van der Waals surface area contributed by atoms with E-state index in [-0.39, 0.29) is 10.0 Å². The van der Waals surface area contributed by atoms with Crippen molar-refractivity contribution in [1.29, 1.82) is 0 Å². The van der Waals surface area contributed by atoms with Crippen LogP contribution in [-0.2, 0) is 10.0 Å². The molecule has 0 aliphatic heterocycles. The van der Waals surface area contributed by atoms with E-state index in [2.05, 4.69) is 9.97 Å². The van der Waals surface area contributed by atoms with E-state index in [9.17, 15) is 8.42 Å². The van der Waals surface area contributed by atoms with Crippen molar-refractivity contribution in [2.75, 3.05) is 11.4 Å². The van der Waals surface area contributed by atoms with Crippen molar-refractivity contribution in [3.63, 3.8) is 0 Å². The number of pyridine rings is 1. The molecular formula is C15H14N4O2S2. The number of hydrogen-bond acceptors (Lipinski definition) is 4. The first-order valence-corrected chi connectivity index (χ1v) is 8.57. The van der Waals surface area contributed by atoms with Crippen molar-refractivity contribution in [1.82, 2.24) is 9.97 Å². The molecule has 3 rings (SSSR count). The number of aromatic amines is 1. The van der Waals surface area contributed by atoms with Gasteiger partial charge in [-0.05, 0) is 24.3 Å². The average molecular weight is 346 g/mol. The normalized spacial score (nSPS) is 11.5. The molecule has 0 amide bonds. The molecule has 2 aromatic heterocycles. The summed E-state index contributed by atoms with van der Waals surface area (Å²) in [6, 6.07) is 11.9. The minimum Gasteiger partial charge on any atom is -0.388 e. The molecule has 118 valence electrons. The van der Waals surface area contributed by atoms with Gasteiger partial charge in [-0.15, -0.1) is 0 Å². The van der Waals surface area contributed by atoms with Crippen molar-refractivity contribution in [2.24, 2.45) is 5.73 Å². The maximum atomic E-state index is 12.7. The van der Waals surface area contributed by atoms with Gasteiger partial charge in [0.15, 0.2) is 5.03 Å². The molecule has 3 aromatic rings. The van der Waals surface area contributed by atoms with Crippen LogP contribution in [0.2, 0.25) is 0 Å². The number of benzene rings is 1. The van der Waals surface area contributed by atoms with Crippen LogP contribution in [0.5, 0.6) is 0 Å². The molecule has 23 heavy (non-hydrogen) atoms. The Morgan fingerprint density at radius 1 is 1.26 bits per heavy atom. The van der Waals surface area contributed by atoms with Crippen molar-refractivity contribution in [2.45, 2.75) is 5.03 Å². The summed E-state index contributed by atoms with van der Waals surface area (Å²) in [4.78, 5) is 7.23. The molecular weight excluding hydrogens is 332 g/mol. The first-order chi connectivity index (χ1) is 10.9. The zero-order valence-corrected chi connectivity index (χ0v) is 13.9. The summed E-state index contributed by atoms with van der Waals surface area (Å²) in [5.74, 6) is 0. The zero-order valence-electron chi connectivity index (χ0n) is 12.2. The lowest BCUT2D eigenvalue weighted by Gasteiger charge is -2.19. The number of hydrogen-bond donors (Lipinski definition) is 2. The lowest BCUT2D eigenvalue weighted by atomic mass is 10.2. The van der Waals surface area contributed by atoms with Crippen LogP contribution in [0.1, 0.15) is 5.69 Å². The molecule has 0 atom stereocenters. The third-order valence-corrected chi connectivity index (χ3v) is 5.41. The number of nitrogens with one attached hydrogen (secondary N) is 1. The van der Waals surface area contributed by atoms with Gasteiger partial charge in [0.1, 0.15) is 4.99 Å². The molecule has 0 unspecified atom stereocenters. The molecule has 0 spiro atoms. The summed E-state index contributed by atoms with van der Waals surface area (Å²) < 4.78 is 26.6. The van der Waals surface area contributed by atoms with Crippen LogP contribution < -0.4 is 10.0 Å². The minimum atomic E-state index is -3.76. The molecule has 0 saturated heterocycles. The summed E-state index contributed by atoms with van der Waals surface area (Å²) in [5, 5.41) is 0.814. The molecule has 1 aromatic carbocycles. The maximum Gasteiger partial charge on any atom is 0.281 e. The largest absolute Gasteiger partial charge is 0.388 e. The van der Waals surface area contributed by atoms with Crippen LogP contribution >= 0.6 is 12.2 Å². The lowest BCUT2D eigenvalue weighted by Crippen LogP contribution is -2.27. The Hall–Kier alpha value is -2.45. The lowest BCUT2D eigenvalue weighted by molar-refractivity contribution is 0.590. The topological polar surface area (TPSA) is 92.1 Å². The molecule has 3 N–H and O–H groups in total. The molecule has 0 radical (unpaired) electrons. The minimum absolute atomic E-state index is 0.0133. The van der Waals surface area contributed by atoms with Gasteiger partial charge in [-0.1, -0.05) is 30.4 Å². The van der Waals surface area contributed by atoms with Crippen LogP contribution in [0.4, 0.5) is 5.69 Å². The quantitative estimate of drug-likeness (QED) is 0.705. The fourth-order valence-corrected chi connectivity index (χ4v) is 3.55. The standard InChI is InChI=1S/C15H14N4O2S2/c1-19(23(20,21)13-7-2-3-8-17-13)12-6-4-5-10-9-11(15(16)22)18-14(10)12/h2-9,18H,1H3,(H2,16,22). The highest BCUT2D eigenvalue weighted by atomic mass is 32.2. The molecule has 0 saturated carbocycles. The van der Waals surface area contributed by atoms with Gasteiger partial charge in [0.2, 0.25) is 0 Å². The van der Waals surface area contributed by atoms with Crippen molar-refractivity contribution in [3.05, 3.63) is 54.4 Å². The van der Waals surface area contributed by atoms with Crippen LogP contribution in [0.25, 0.3) is 10.9 Å². The summed E-state index contributed by atoms with van der Waals surface area (Å²) in [6.45, 7) is 0. The monoisotopic (exact) mass is 346 g/mol. The zero-order chi connectivity index (χ0) is 16.6. The second-order valence-electron chi connectivity index (χ2n) is 4.93. The predicted molar refractivity (Wildman–Crippen MR) is 94.0 cm³/mol. The van der Waals surface area contributed by atoms with Crippen molar-refractivity contribution in [3.8, 4) is 0 Å². The number of fused-ring (bicyclic) bond motifs is 1. The van der Waals surface area contributed by atoms with Gasteiger partial charge in [-0.25, -0.2) is 4.98 Å². The molecule has 0 aliphatic rings. The van der Waals surface area contributed by atoms with Gasteiger partial charge in [-0.2, -0.15) is 8.42 Å². The van der Waals surface area contributed by atoms with Crippen LogP contribution in [-0.4, -0.2) is 30.4 Å².